The minimum Gasteiger partial charge on any atom is -0.491 e. The van der Waals surface area contributed by atoms with Crippen LogP contribution in [0.25, 0.3) is 4.85 Å². The predicted octanol–water partition coefficient (Wildman–Crippen LogP) is 4.33. The standard InChI is InChI=1S/C24H26BrN5O3/c1-26-21-7-6-19(14-20(21)25)33-18-4-2-17(3-5-18)27-24(32)22-8-9-23(29-28-22)30-12-10-16(15-31)11-13-30/h6-9,14-18H,2-5,10-13H2,(H,27,32). The zero-order valence-electron chi connectivity index (χ0n) is 18.2. The number of aromatic nitrogens is 2. The number of nitrogens with one attached hydrogen (secondary N) is 1. The van der Waals surface area contributed by atoms with Gasteiger partial charge in [-0.05, 0) is 62.8 Å². The lowest BCUT2D eigenvalue weighted by Gasteiger charge is -2.30. The van der Waals surface area contributed by atoms with Crippen LogP contribution in [0.4, 0.5) is 11.5 Å². The maximum absolute atomic E-state index is 12.6. The molecule has 0 bridgehead atoms. The molecule has 2 heterocycles. The fraction of sp³-hybridized carbons (Fsp3) is 0.458. The van der Waals surface area contributed by atoms with Crippen LogP contribution in [-0.4, -0.2) is 47.6 Å². The molecule has 0 atom stereocenters. The largest absolute Gasteiger partial charge is 0.491 e. The number of carbonyl (C=O) groups excluding carboxylic acids is 2. The Morgan fingerprint density at radius 3 is 2.48 bits per heavy atom. The lowest BCUT2D eigenvalue weighted by atomic mass is 9.93. The van der Waals surface area contributed by atoms with Crippen molar-refractivity contribution in [2.24, 2.45) is 5.92 Å². The highest BCUT2D eigenvalue weighted by atomic mass is 79.9. The van der Waals surface area contributed by atoms with Gasteiger partial charge in [0, 0.05) is 29.5 Å². The maximum atomic E-state index is 12.6. The third kappa shape index (κ3) is 5.88. The molecule has 1 aromatic heterocycles. The summed E-state index contributed by atoms with van der Waals surface area (Å²) in [4.78, 5) is 29.1. The average Bonchev–Trinajstić information content (AvgIpc) is 2.85. The Morgan fingerprint density at radius 2 is 1.88 bits per heavy atom. The van der Waals surface area contributed by atoms with Crippen molar-refractivity contribution in [3.63, 3.8) is 0 Å². The van der Waals surface area contributed by atoms with E-state index in [0.717, 1.165) is 73.9 Å². The van der Waals surface area contributed by atoms with Crippen LogP contribution in [0.3, 0.4) is 0 Å². The first-order chi connectivity index (χ1) is 16.1. The molecule has 0 unspecified atom stereocenters. The van der Waals surface area contributed by atoms with Crippen molar-refractivity contribution >= 4 is 39.6 Å². The van der Waals surface area contributed by atoms with Gasteiger partial charge in [0.25, 0.3) is 5.91 Å². The lowest BCUT2D eigenvalue weighted by Crippen LogP contribution is -2.40. The summed E-state index contributed by atoms with van der Waals surface area (Å²) in [5, 5.41) is 11.4. The summed E-state index contributed by atoms with van der Waals surface area (Å²) in [7, 11) is 0. The summed E-state index contributed by atoms with van der Waals surface area (Å²) >= 11 is 3.40. The molecule has 172 valence electrons. The van der Waals surface area contributed by atoms with Gasteiger partial charge in [-0.25, -0.2) is 4.85 Å². The third-order valence-corrected chi connectivity index (χ3v) is 6.93. The number of nitrogens with zero attached hydrogens (tertiary/aromatic N) is 4. The second kappa shape index (κ2) is 10.8. The number of aldehydes is 1. The molecule has 8 nitrogen and oxygen atoms in total. The van der Waals surface area contributed by atoms with E-state index in [2.05, 4.69) is 41.2 Å². The molecule has 2 aliphatic rings. The Balaban J connectivity index is 1.24. The van der Waals surface area contributed by atoms with E-state index in [9.17, 15) is 9.59 Å². The normalized spacial score (nSPS) is 21.2. The van der Waals surface area contributed by atoms with E-state index in [1.807, 2.05) is 18.2 Å². The van der Waals surface area contributed by atoms with E-state index in [1.54, 1.807) is 12.1 Å². The Bertz CT molecular complexity index is 1020. The fourth-order valence-electron chi connectivity index (χ4n) is 4.31. The number of benzene rings is 1. The van der Waals surface area contributed by atoms with Crippen LogP contribution in [0.2, 0.25) is 0 Å². The number of halogens is 1. The molecular weight excluding hydrogens is 486 g/mol. The molecule has 1 aliphatic carbocycles. The molecule has 1 N–H and O–H groups in total. The molecule has 2 fully saturated rings. The molecule has 0 spiro atoms. The Kier molecular flexibility index (Phi) is 7.55. The van der Waals surface area contributed by atoms with Crippen molar-refractivity contribution in [2.75, 3.05) is 18.0 Å². The molecule has 0 radical (unpaired) electrons. The number of piperidine rings is 1. The number of carbonyl (C=O) groups is 2. The van der Waals surface area contributed by atoms with E-state index in [-0.39, 0.29) is 24.0 Å². The molecule has 1 saturated carbocycles. The highest BCUT2D eigenvalue weighted by molar-refractivity contribution is 9.10. The molecule has 2 aromatic rings. The maximum Gasteiger partial charge on any atom is 0.272 e. The van der Waals surface area contributed by atoms with Crippen LogP contribution >= 0.6 is 15.9 Å². The summed E-state index contributed by atoms with van der Waals surface area (Å²) in [5.74, 6) is 1.40. The highest BCUT2D eigenvalue weighted by Gasteiger charge is 2.25. The average molecular weight is 512 g/mol. The topological polar surface area (TPSA) is 88.8 Å². The Hall–Kier alpha value is -2.99. The van der Waals surface area contributed by atoms with Gasteiger partial charge in [0.05, 0.1) is 12.7 Å². The van der Waals surface area contributed by atoms with Crippen molar-refractivity contribution in [1.29, 1.82) is 0 Å². The van der Waals surface area contributed by atoms with E-state index in [4.69, 9.17) is 11.3 Å². The van der Waals surface area contributed by atoms with Crippen LogP contribution in [0.1, 0.15) is 49.0 Å². The third-order valence-electron chi connectivity index (χ3n) is 6.29. The van der Waals surface area contributed by atoms with E-state index in [1.165, 1.54) is 0 Å². The summed E-state index contributed by atoms with van der Waals surface area (Å²) in [6.45, 7) is 8.66. The van der Waals surface area contributed by atoms with Crippen LogP contribution in [0.5, 0.6) is 5.75 Å². The first kappa shape index (κ1) is 23.2. The second-order valence-corrected chi connectivity index (χ2v) is 9.38. The highest BCUT2D eigenvalue weighted by Crippen LogP contribution is 2.31. The number of ether oxygens (including phenoxy) is 1. The van der Waals surface area contributed by atoms with Crippen molar-refractivity contribution in [1.82, 2.24) is 15.5 Å². The van der Waals surface area contributed by atoms with Crippen molar-refractivity contribution in [2.45, 2.75) is 50.7 Å². The molecular formula is C24H26BrN5O3. The van der Waals surface area contributed by atoms with Gasteiger partial charge < -0.3 is 19.7 Å². The summed E-state index contributed by atoms with van der Waals surface area (Å²) in [6, 6.07) is 9.01. The van der Waals surface area contributed by atoms with Crippen LogP contribution < -0.4 is 15.0 Å². The first-order valence-corrected chi connectivity index (χ1v) is 12.0. The zero-order chi connectivity index (χ0) is 23.2. The lowest BCUT2D eigenvalue weighted by molar-refractivity contribution is -0.111. The molecule has 33 heavy (non-hydrogen) atoms. The monoisotopic (exact) mass is 511 g/mol. The van der Waals surface area contributed by atoms with Gasteiger partial charge in [-0.3, -0.25) is 4.79 Å². The summed E-state index contributed by atoms with van der Waals surface area (Å²) in [6.07, 6.45) is 6.11. The van der Waals surface area contributed by atoms with Crippen LogP contribution in [-0.2, 0) is 4.79 Å². The minimum atomic E-state index is -0.211. The van der Waals surface area contributed by atoms with Crippen LogP contribution in [0, 0.1) is 12.5 Å². The van der Waals surface area contributed by atoms with Gasteiger partial charge in [0.15, 0.2) is 11.5 Å². The minimum absolute atomic E-state index is 0.0809. The Labute approximate surface area is 201 Å². The molecule has 9 heteroatoms. The predicted molar refractivity (Wildman–Crippen MR) is 128 cm³/mol. The number of rotatable bonds is 6. The number of anilines is 1. The van der Waals surface area contributed by atoms with Crippen molar-refractivity contribution in [3.8, 4) is 5.75 Å². The summed E-state index contributed by atoms with van der Waals surface area (Å²) < 4.78 is 6.80. The van der Waals surface area contributed by atoms with E-state index in [0.29, 0.717) is 11.4 Å². The number of amides is 1. The second-order valence-electron chi connectivity index (χ2n) is 8.53. The van der Waals surface area contributed by atoms with Crippen molar-refractivity contribution < 1.29 is 14.3 Å². The van der Waals surface area contributed by atoms with Gasteiger partial charge in [-0.15, -0.1) is 10.2 Å². The van der Waals surface area contributed by atoms with Gasteiger partial charge in [0.1, 0.15) is 12.0 Å². The quantitative estimate of drug-likeness (QED) is 0.458. The summed E-state index contributed by atoms with van der Waals surface area (Å²) in [5.41, 5.74) is 0.872. The molecule has 1 aliphatic heterocycles. The Morgan fingerprint density at radius 1 is 1.12 bits per heavy atom. The van der Waals surface area contributed by atoms with E-state index >= 15 is 0 Å². The number of hydrogen-bond donors (Lipinski definition) is 1. The van der Waals surface area contributed by atoms with Gasteiger partial charge in [0.2, 0.25) is 5.69 Å². The SMILES string of the molecule is [C-]#[N+]c1ccc(OC2CCC(NC(=O)c3ccc(N4CCC(C=O)CC4)nn3)CC2)cc1Br. The first-order valence-electron chi connectivity index (χ1n) is 11.2. The van der Waals surface area contributed by atoms with E-state index < -0.39 is 0 Å². The smallest absolute Gasteiger partial charge is 0.272 e. The van der Waals surface area contributed by atoms with Gasteiger partial charge >= 0.3 is 0 Å². The van der Waals surface area contributed by atoms with Crippen molar-refractivity contribution in [3.05, 3.63) is 51.9 Å². The fourth-order valence-corrected chi connectivity index (χ4v) is 4.75. The molecule has 1 aromatic carbocycles. The zero-order valence-corrected chi connectivity index (χ0v) is 19.8. The number of hydrogen-bond acceptors (Lipinski definition) is 6. The van der Waals surface area contributed by atoms with Crippen LogP contribution in [0.15, 0.2) is 34.8 Å². The molecule has 4 rings (SSSR count). The molecule has 1 amide bonds. The van der Waals surface area contributed by atoms with Gasteiger partial charge in [-0.2, -0.15) is 0 Å². The molecule has 1 saturated heterocycles. The van der Waals surface area contributed by atoms with Gasteiger partial charge in [-0.1, -0.05) is 22.0 Å².